The van der Waals surface area contributed by atoms with E-state index in [1.54, 1.807) is 18.3 Å². The molecule has 0 saturated heterocycles. The summed E-state index contributed by atoms with van der Waals surface area (Å²) in [7, 11) is -2.54. The van der Waals surface area contributed by atoms with Gasteiger partial charge in [-0.05, 0) is 52.5 Å². The Kier molecular flexibility index (Phi) is 7.04. The number of carbonyl (C=O) groups is 1. The van der Waals surface area contributed by atoms with Gasteiger partial charge in [0, 0.05) is 17.0 Å². The molecule has 0 radical (unpaired) electrons. The number of thiol groups is 1. The van der Waals surface area contributed by atoms with Crippen LogP contribution in [0.2, 0.25) is 0 Å². The van der Waals surface area contributed by atoms with Crippen LogP contribution in [0.3, 0.4) is 0 Å². The molecule has 1 aromatic heterocycles. The number of allylic oxidation sites excluding steroid dienone is 1. The van der Waals surface area contributed by atoms with Crippen LogP contribution in [0.4, 0.5) is 0 Å². The van der Waals surface area contributed by atoms with Crippen LogP contribution in [-0.2, 0) is 21.3 Å². The van der Waals surface area contributed by atoms with Gasteiger partial charge in [0.1, 0.15) is 16.5 Å². The van der Waals surface area contributed by atoms with E-state index >= 15 is 0 Å². The van der Waals surface area contributed by atoms with Gasteiger partial charge in [-0.3, -0.25) is 5.10 Å². The van der Waals surface area contributed by atoms with Crippen LogP contribution in [0.5, 0.6) is 5.75 Å². The highest BCUT2D eigenvalue weighted by Gasteiger charge is 2.19. The van der Waals surface area contributed by atoms with Crippen LogP contribution in [0, 0.1) is 0 Å². The number of fused-ring (bicyclic) bond motifs is 1. The zero-order valence-corrected chi connectivity index (χ0v) is 19.5. The van der Waals surface area contributed by atoms with Gasteiger partial charge in [0.25, 0.3) is 0 Å². The highest BCUT2D eigenvalue weighted by molar-refractivity contribution is 7.71. The van der Waals surface area contributed by atoms with E-state index in [1.807, 2.05) is 61.5 Å². The van der Waals surface area contributed by atoms with Crippen molar-refractivity contribution in [2.45, 2.75) is 19.1 Å². The summed E-state index contributed by atoms with van der Waals surface area (Å²) in [4.78, 5) is 12.1. The largest absolute Gasteiger partial charge is 0.423 e. The van der Waals surface area contributed by atoms with E-state index in [1.165, 1.54) is 0 Å². The molecule has 34 heavy (non-hydrogen) atoms. The van der Waals surface area contributed by atoms with Crippen LogP contribution in [0.25, 0.3) is 22.0 Å². The first-order valence-electron chi connectivity index (χ1n) is 10.8. The predicted octanol–water partition coefficient (Wildman–Crippen LogP) is 5.13. The molecule has 1 N–H and O–H groups in total. The molecular weight excluding hydrogens is 448 g/mol. The van der Waals surface area contributed by atoms with Crippen molar-refractivity contribution in [3.63, 3.8) is 0 Å². The van der Waals surface area contributed by atoms with E-state index in [0.29, 0.717) is 12.2 Å². The third-order valence-electron chi connectivity index (χ3n) is 5.50. The molecule has 3 aromatic carbocycles. The molecule has 0 aliphatic heterocycles. The minimum atomic E-state index is -2.54. The maximum absolute atomic E-state index is 12.1. The quantitative estimate of drug-likeness (QED) is 0.122. The minimum Gasteiger partial charge on any atom is -0.423 e. The maximum atomic E-state index is 12.1. The fourth-order valence-electron chi connectivity index (χ4n) is 4.03. The molecular formula is C27H24N2O4S. The van der Waals surface area contributed by atoms with Gasteiger partial charge in [0.05, 0.1) is 17.5 Å². The Morgan fingerprint density at radius 2 is 1.88 bits per heavy atom. The normalized spacial score (nSPS) is 11.9. The van der Waals surface area contributed by atoms with Crippen LogP contribution in [0.1, 0.15) is 35.6 Å². The second-order valence-electron chi connectivity index (χ2n) is 7.69. The summed E-state index contributed by atoms with van der Waals surface area (Å²) in [5, 5.41) is 8.04. The van der Waals surface area contributed by atoms with Gasteiger partial charge in [0.15, 0.2) is 0 Å². The smallest absolute Gasteiger partial charge is 0.335 e. The number of hydrogen-bond donors (Lipinski definition) is 2. The lowest BCUT2D eigenvalue weighted by molar-refractivity contribution is -0.128. The molecule has 0 unspecified atom stereocenters. The van der Waals surface area contributed by atoms with Crippen LogP contribution in [0.15, 0.2) is 85.6 Å². The third-order valence-corrected chi connectivity index (χ3v) is 6.13. The molecule has 0 aliphatic carbocycles. The van der Waals surface area contributed by atoms with Crippen molar-refractivity contribution in [1.29, 1.82) is 0 Å². The fraction of sp³-hybridized carbons (Fsp3) is 0.111. The summed E-state index contributed by atoms with van der Waals surface area (Å²) in [6.45, 7) is 5.55. The molecule has 0 atom stereocenters. The zero-order chi connectivity index (χ0) is 24.1. The van der Waals surface area contributed by atoms with Crippen molar-refractivity contribution >= 4 is 38.7 Å². The van der Waals surface area contributed by atoms with Crippen molar-refractivity contribution in [3.05, 3.63) is 108 Å². The highest BCUT2D eigenvalue weighted by atomic mass is 32.2. The molecule has 4 rings (SSSR count). The van der Waals surface area contributed by atoms with Crippen LogP contribution >= 0.6 is 0 Å². The Balaban J connectivity index is 2.00. The van der Waals surface area contributed by atoms with Crippen molar-refractivity contribution in [2.75, 3.05) is 0 Å². The average Bonchev–Trinajstić information content (AvgIpc) is 3.30. The molecule has 1 heterocycles. The number of para-hydroxylation sites is 1. The topological polar surface area (TPSA) is 89.1 Å². The Hall–Kier alpha value is -3.97. The van der Waals surface area contributed by atoms with E-state index in [4.69, 9.17) is 4.74 Å². The van der Waals surface area contributed by atoms with E-state index < -0.39 is 16.7 Å². The van der Waals surface area contributed by atoms with Gasteiger partial charge in [-0.1, -0.05) is 62.0 Å². The first-order valence-corrected chi connectivity index (χ1v) is 12.2. The molecule has 4 aromatic rings. The highest BCUT2D eigenvalue weighted by Crippen LogP contribution is 2.39. The summed E-state index contributed by atoms with van der Waals surface area (Å²) in [5.74, 6) is -0.153. The molecule has 6 nitrogen and oxygen atoms in total. The lowest BCUT2D eigenvalue weighted by atomic mass is 9.87. The number of nitrogens with zero attached hydrogens (tertiary/aromatic N) is 1. The van der Waals surface area contributed by atoms with E-state index in [9.17, 15) is 13.2 Å². The van der Waals surface area contributed by atoms with Gasteiger partial charge in [-0.25, -0.2) is 13.2 Å². The van der Waals surface area contributed by atoms with Crippen molar-refractivity contribution in [3.8, 4) is 5.75 Å². The predicted molar refractivity (Wildman–Crippen MR) is 135 cm³/mol. The second-order valence-corrected chi connectivity index (χ2v) is 8.67. The third kappa shape index (κ3) is 5.00. The van der Waals surface area contributed by atoms with E-state index in [2.05, 4.69) is 16.8 Å². The van der Waals surface area contributed by atoms with Gasteiger partial charge in [-0.2, -0.15) is 5.10 Å². The standard InChI is InChI=1S/C27H24N2O4S/c1-3-22(19-9-7-8-18(14-19)17-34(31)32)27(20-12-13-24-21(15-20)16-28-29-24)23-10-5-6-11-25(23)33-26(30)4-2/h4-16,34H,2-3,17H2,1H3,(H,28,29)/b27-22+. The lowest BCUT2D eigenvalue weighted by Gasteiger charge is -2.19. The number of hydrogen-bond acceptors (Lipinski definition) is 5. The molecule has 0 saturated carbocycles. The zero-order valence-electron chi connectivity index (χ0n) is 18.7. The summed E-state index contributed by atoms with van der Waals surface area (Å²) in [6.07, 6.45) is 3.55. The average molecular weight is 473 g/mol. The van der Waals surface area contributed by atoms with Crippen LogP contribution < -0.4 is 4.74 Å². The van der Waals surface area contributed by atoms with Crippen molar-refractivity contribution < 1.29 is 17.9 Å². The molecule has 0 aliphatic rings. The number of nitrogens with one attached hydrogen (secondary N) is 1. The number of esters is 1. The number of H-pyrrole nitrogens is 1. The van der Waals surface area contributed by atoms with E-state index in [0.717, 1.165) is 50.4 Å². The van der Waals surface area contributed by atoms with E-state index in [-0.39, 0.29) is 5.75 Å². The Bertz CT molecular complexity index is 1470. The summed E-state index contributed by atoms with van der Waals surface area (Å²) < 4.78 is 28.2. The van der Waals surface area contributed by atoms with Crippen LogP contribution in [-0.4, -0.2) is 24.6 Å². The number of aromatic amines is 1. The van der Waals surface area contributed by atoms with Crippen molar-refractivity contribution in [1.82, 2.24) is 10.2 Å². The van der Waals surface area contributed by atoms with Crippen molar-refractivity contribution in [2.24, 2.45) is 0 Å². The summed E-state index contributed by atoms with van der Waals surface area (Å²) >= 11 is 0. The molecule has 0 spiro atoms. The number of benzene rings is 3. The first kappa shape index (κ1) is 23.2. The maximum Gasteiger partial charge on any atom is 0.335 e. The van der Waals surface area contributed by atoms with Gasteiger partial charge < -0.3 is 4.74 Å². The first-order chi connectivity index (χ1) is 16.5. The Morgan fingerprint density at radius 3 is 2.65 bits per heavy atom. The SMILES string of the molecule is C=CC(=O)Oc1ccccc1/C(=C(\CC)c1cccc(C[SH](=O)=O)c1)c1ccc2[nH]ncc2c1. The fourth-order valence-corrected chi connectivity index (χ4v) is 4.53. The lowest BCUT2D eigenvalue weighted by Crippen LogP contribution is -2.06. The van der Waals surface area contributed by atoms with Gasteiger partial charge >= 0.3 is 5.97 Å². The number of carbonyl (C=O) groups excluding carboxylic acids is 1. The summed E-state index contributed by atoms with van der Waals surface area (Å²) in [5.41, 5.74) is 6.09. The Labute approximate surface area is 199 Å². The minimum absolute atomic E-state index is 0.0238. The molecule has 0 fully saturated rings. The second kappa shape index (κ2) is 10.3. The molecule has 0 bridgehead atoms. The molecule has 0 amide bonds. The number of ether oxygens (including phenoxy) is 1. The van der Waals surface area contributed by atoms with Gasteiger partial charge in [-0.15, -0.1) is 0 Å². The molecule has 172 valence electrons. The molecule has 7 heteroatoms. The number of aromatic nitrogens is 2. The Morgan fingerprint density at radius 1 is 1.06 bits per heavy atom. The number of rotatable bonds is 8. The summed E-state index contributed by atoms with van der Waals surface area (Å²) in [6, 6.07) is 20.9. The monoisotopic (exact) mass is 472 g/mol. The van der Waals surface area contributed by atoms with Gasteiger partial charge in [0.2, 0.25) is 0 Å².